The van der Waals surface area contributed by atoms with Gasteiger partial charge in [-0.1, -0.05) is 6.07 Å². The van der Waals surface area contributed by atoms with E-state index in [-0.39, 0.29) is 12.3 Å². The molecule has 0 fully saturated rings. The number of carboxylic acids is 1. The lowest BCUT2D eigenvalue weighted by Gasteiger charge is -1.94. The van der Waals surface area contributed by atoms with Crippen molar-refractivity contribution >= 4 is 17.1 Å². The first kappa shape index (κ1) is 9.71. The van der Waals surface area contributed by atoms with Crippen LogP contribution in [0.1, 0.15) is 17.0 Å². The third kappa shape index (κ3) is 1.83. The van der Waals surface area contributed by atoms with Crippen LogP contribution in [0.5, 0.6) is 0 Å². The summed E-state index contributed by atoms with van der Waals surface area (Å²) in [7, 11) is 0. The second-order valence-electron chi connectivity index (χ2n) is 3.61. The maximum atomic E-state index is 10.5. The van der Waals surface area contributed by atoms with Crippen molar-refractivity contribution in [3.63, 3.8) is 0 Å². The Balaban J connectivity index is 2.55. The first-order valence-corrected chi connectivity index (χ1v) is 4.65. The lowest BCUT2D eigenvalue weighted by molar-refractivity contribution is -0.136. The van der Waals surface area contributed by atoms with Crippen molar-refractivity contribution in [1.29, 1.82) is 0 Å². The summed E-state index contributed by atoms with van der Waals surface area (Å²) in [6.07, 6.45) is -0.173. The normalized spacial score (nSPS) is 10.8. The molecule has 0 spiro atoms. The Morgan fingerprint density at radius 2 is 2.20 bits per heavy atom. The number of hydrogen-bond donors (Lipinski definition) is 1. The van der Waals surface area contributed by atoms with E-state index in [1.807, 2.05) is 26.0 Å². The highest BCUT2D eigenvalue weighted by atomic mass is 16.4. The van der Waals surface area contributed by atoms with Gasteiger partial charge in [0.15, 0.2) is 5.58 Å². The Morgan fingerprint density at radius 1 is 1.47 bits per heavy atom. The summed E-state index contributed by atoms with van der Waals surface area (Å²) in [5, 5.41) is 8.62. The maximum absolute atomic E-state index is 10.5. The van der Waals surface area contributed by atoms with Crippen LogP contribution in [-0.2, 0) is 11.2 Å². The molecule has 0 unspecified atom stereocenters. The standard InChI is InChI=1S/C11H11NO3/c1-6-3-7(2)11-8(4-6)12-9(15-11)5-10(13)14/h3-4H,5H2,1-2H3,(H,13,14). The van der Waals surface area contributed by atoms with Gasteiger partial charge in [0.05, 0.1) is 0 Å². The van der Waals surface area contributed by atoms with E-state index >= 15 is 0 Å². The SMILES string of the molecule is Cc1cc(C)c2oc(CC(=O)O)nc2c1. The van der Waals surface area contributed by atoms with Gasteiger partial charge in [0, 0.05) is 0 Å². The Hall–Kier alpha value is -1.84. The highest BCUT2D eigenvalue weighted by molar-refractivity contribution is 5.78. The zero-order valence-electron chi connectivity index (χ0n) is 8.57. The lowest BCUT2D eigenvalue weighted by atomic mass is 10.1. The summed E-state index contributed by atoms with van der Waals surface area (Å²) < 4.78 is 5.37. The number of aliphatic carboxylic acids is 1. The van der Waals surface area contributed by atoms with E-state index in [1.54, 1.807) is 0 Å². The van der Waals surface area contributed by atoms with Gasteiger partial charge in [-0.15, -0.1) is 0 Å². The second kappa shape index (κ2) is 3.38. The monoisotopic (exact) mass is 205 g/mol. The summed E-state index contributed by atoms with van der Waals surface area (Å²) in [5.74, 6) is -0.679. The van der Waals surface area contributed by atoms with Gasteiger partial charge >= 0.3 is 5.97 Å². The molecule has 0 radical (unpaired) electrons. The van der Waals surface area contributed by atoms with Crippen LogP contribution in [0.25, 0.3) is 11.1 Å². The summed E-state index contributed by atoms with van der Waals surface area (Å²) in [5.41, 5.74) is 3.48. The minimum absolute atomic E-state index is 0.173. The van der Waals surface area contributed by atoms with E-state index in [0.717, 1.165) is 16.6 Å². The average molecular weight is 205 g/mol. The second-order valence-corrected chi connectivity index (χ2v) is 3.61. The molecule has 0 saturated carbocycles. The average Bonchev–Trinajstić information content (AvgIpc) is 2.45. The Bertz CT molecular complexity index is 528. The minimum Gasteiger partial charge on any atom is -0.481 e. The van der Waals surface area contributed by atoms with E-state index < -0.39 is 5.97 Å². The van der Waals surface area contributed by atoms with Crippen LogP contribution >= 0.6 is 0 Å². The molecule has 1 aromatic carbocycles. The number of carboxylic acid groups (broad SMARTS) is 1. The molecular formula is C11H11NO3. The number of benzene rings is 1. The fraction of sp³-hybridized carbons (Fsp3) is 0.273. The first-order valence-electron chi connectivity index (χ1n) is 4.65. The fourth-order valence-corrected chi connectivity index (χ4v) is 1.63. The highest BCUT2D eigenvalue weighted by Crippen LogP contribution is 2.21. The molecule has 1 aromatic heterocycles. The van der Waals surface area contributed by atoms with E-state index in [2.05, 4.69) is 4.98 Å². The summed E-state index contributed by atoms with van der Waals surface area (Å²) in [6.45, 7) is 3.89. The predicted octanol–water partition coefficient (Wildman–Crippen LogP) is 2.07. The number of aryl methyl sites for hydroxylation is 2. The molecule has 0 bridgehead atoms. The van der Waals surface area contributed by atoms with Crippen molar-refractivity contribution in [1.82, 2.24) is 4.98 Å². The minimum atomic E-state index is -0.934. The number of nitrogens with zero attached hydrogens (tertiary/aromatic N) is 1. The van der Waals surface area contributed by atoms with Crippen molar-refractivity contribution in [3.05, 3.63) is 29.2 Å². The fourth-order valence-electron chi connectivity index (χ4n) is 1.63. The summed E-state index contributed by atoms with van der Waals surface area (Å²) in [6, 6.07) is 3.87. The van der Waals surface area contributed by atoms with Crippen LogP contribution in [0.2, 0.25) is 0 Å². The quantitative estimate of drug-likeness (QED) is 0.815. The van der Waals surface area contributed by atoms with E-state index in [0.29, 0.717) is 5.58 Å². The molecule has 0 saturated heterocycles. The Kier molecular flexibility index (Phi) is 2.19. The van der Waals surface area contributed by atoms with Gasteiger partial charge < -0.3 is 9.52 Å². The molecule has 2 rings (SSSR count). The predicted molar refractivity (Wildman–Crippen MR) is 54.8 cm³/mol. The van der Waals surface area contributed by atoms with E-state index in [4.69, 9.17) is 9.52 Å². The number of hydrogen-bond acceptors (Lipinski definition) is 3. The first-order chi connectivity index (χ1) is 7.06. The maximum Gasteiger partial charge on any atom is 0.312 e. The van der Waals surface area contributed by atoms with E-state index in [9.17, 15) is 4.79 Å². The van der Waals surface area contributed by atoms with Gasteiger partial charge in [0.2, 0.25) is 5.89 Å². The topological polar surface area (TPSA) is 63.3 Å². The van der Waals surface area contributed by atoms with Crippen LogP contribution in [0.15, 0.2) is 16.5 Å². The smallest absolute Gasteiger partial charge is 0.312 e. The van der Waals surface area contributed by atoms with Gasteiger partial charge in [-0.3, -0.25) is 4.79 Å². The molecule has 4 heteroatoms. The number of aromatic nitrogens is 1. The van der Waals surface area contributed by atoms with Crippen LogP contribution in [-0.4, -0.2) is 16.1 Å². The van der Waals surface area contributed by atoms with Gasteiger partial charge in [-0.25, -0.2) is 4.98 Å². The molecule has 15 heavy (non-hydrogen) atoms. The lowest BCUT2D eigenvalue weighted by Crippen LogP contribution is -1.99. The molecule has 78 valence electrons. The van der Waals surface area contributed by atoms with Crippen molar-refractivity contribution in [3.8, 4) is 0 Å². The Labute approximate surface area is 86.5 Å². The van der Waals surface area contributed by atoms with Crippen molar-refractivity contribution in [2.24, 2.45) is 0 Å². The van der Waals surface area contributed by atoms with Crippen LogP contribution in [0, 0.1) is 13.8 Å². The van der Waals surface area contributed by atoms with Crippen LogP contribution in [0.4, 0.5) is 0 Å². The van der Waals surface area contributed by atoms with Crippen molar-refractivity contribution in [2.45, 2.75) is 20.3 Å². The summed E-state index contributed by atoms with van der Waals surface area (Å²) >= 11 is 0. The van der Waals surface area contributed by atoms with E-state index in [1.165, 1.54) is 0 Å². The molecule has 0 aliphatic carbocycles. The highest BCUT2D eigenvalue weighted by Gasteiger charge is 2.11. The summed E-state index contributed by atoms with van der Waals surface area (Å²) in [4.78, 5) is 14.6. The molecule has 2 aromatic rings. The zero-order valence-corrected chi connectivity index (χ0v) is 8.57. The molecule has 0 amide bonds. The van der Waals surface area contributed by atoms with Gasteiger partial charge in [-0.2, -0.15) is 0 Å². The van der Waals surface area contributed by atoms with Crippen molar-refractivity contribution < 1.29 is 14.3 Å². The van der Waals surface area contributed by atoms with Crippen molar-refractivity contribution in [2.75, 3.05) is 0 Å². The molecule has 1 N–H and O–H groups in total. The molecular weight excluding hydrogens is 194 g/mol. The Morgan fingerprint density at radius 3 is 2.87 bits per heavy atom. The molecule has 0 aliphatic heterocycles. The van der Waals surface area contributed by atoms with Gasteiger partial charge in [-0.05, 0) is 31.0 Å². The van der Waals surface area contributed by atoms with Crippen LogP contribution in [0.3, 0.4) is 0 Å². The van der Waals surface area contributed by atoms with Gasteiger partial charge in [0.25, 0.3) is 0 Å². The zero-order chi connectivity index (χ0) is 11.0. The number of oxazole rings is 1. The molecule has 1 heterocycles. The third-order valence-corrected chi connectivity index (χ3v) is 2.17. The molecule has 0 aliphatic rings. The largest absolute Gasteiger partial charge is 0.481 e. The molecule has 4 nitrogen and oxygen atoms in total. The number of fused-ring (bicyclic) bond motifs is 1. The molecule has 0 atom stereocenters. The number of rotatable bonds is 2. The van der Waals surface area contributed by atoms with Gasteiger partial charge in [0.1, 0.15) is 11.9 Å². The van der Waals surface area contributed by atoms with Crippen LogP contribution < -0.4 is 0 Å². The number of carbonyl (C=O) groups is 1. The third-order valence-electron chi connectivity index (χ3n) is 2.17.